The third-order valence-electron chi connectivity index (χ3n) is 6.41. The Bertz CT molecular complexity index is 1540. The van der Waals surface area contributed by atoms with Gasteiger partial charge in [-0.2, -0.15) is 0 Å². The maximum Gasteiger partial charge on any atom is 0.356 e. The summed E-state index contributed by atoms with van der Waals surface area (Å²) >= 11 is 0. The van der Waals surface area contributed by atoms with Crippen LogP contribution in [0.4, 0.5) is 5.69 Å². The standard InChI is InChI=1S/C30H28N2O5/c1-17(33)31-22-11-9-18(10-12-22)19-7-6-8-20(13-19)27-26-21(14-24(32-27)29(34)36-5)15-25(35-4)28-23(26)16-30(2,3)37-28/h6-15H,16H2,1-5H3,(H,31,33). The molecular weight excluding hydrogens is 468 g/mol. The second-order valence-electron chi connectivity index (χ2n) is 9.71. The fraction of sp³-hybridized carbons (Fsp3) is 0.233. The van der Waals surface area contributed by atoms with Gasteiger partial charge in [0.15, 0.2) is 11.5 Å². The predicted octanol–water partition coefficient (Wildman–Crippen LogP) is 6.04. The van der Waals surface area contributed by atoms with Crippen LogP contribution in [0.25, 0.3) is 33.2 Å². The molecule has 0 saturated heterocycles. The Hall–Kier alpha value is -4.39. The highest BCUT2D eigenvalue weighted by molar-refractivity contribution is 6.04. The smallest absolute Gasteiger partial charge is 0.356 e. The first-order valence-corrected chi connectivity index (χ1v) is 12.0. The number of ether oxygens (including phenoxy) is 3. The predicted molar refractivity (Wildman–Crippen MR) is 143 cm³/mol. The van der Waals surface area contributed by atoms with Gasteiger partial charge in [-0.15, -0.1) is 0 Å². The van der Waals surface area contributed by atoms with Crippen LogP contribution in [-0.4, -0.2) is 36.7 Å². The first-order valence-electron chi connectivity index (χ1n) is 12.0. The Balaban J connectivity index is 1.71. The molecule has 1 aliphatic heterocycles. The Morgan fingerprint density at radius 1 is 0.973 bits per heavy atom. The summed E-state index contributed by atoms with van der Waals surface area (Å²) in [6.07, 6.45) is 0.673. The molecule has 0 saturated carbocycles. The zero-order valence-corrected chi connectivity index (χ0v) is 21.5. The second-order valence-corrected chi connectivity index (χ2v) is 9.71. The maximum atomic E-state index is 12.6. The van der Waals surface area contributed by atoms with Crippen molar-refractivity contribution >= 4 is 28.3 Å². The summed E-state index contributed by atoms with van der Waals surface area (Å²) in [7, 11) is 2.96. The highest BCUT2D eigenvalue weighted by Crippen LogP contribution is 2.48. The Morgan fingerprint density at radius 3 is 2.38 bits per heavy atom. The molecule has 0 spiro atoms. The number of pyridine rings is 1. The van der Waals surface area contributed by atoms with E-state index in [-0.39, 0.29) is 11.6 Å². The average molecular weight is 497 g/mol. The van der Waals surface area contributed by atoms with Crippen LogP contribution in [0, 0.1) is 0 Å². The number of esters is 1. The largest absolute Gasteiger partial charge is 0.493 e. The summed E-state index contributed by atoms with van der Waals surface area (Å²) in [5.41, 5.74) is 5.05. The molecule has 2 heterocycles. The van der Waals surface area contributed by atoms with Gasteiger partial charge in [-0.25, -0.2) is 9.78 Å². The molecule has 0 bridgehead atoms. The van der Waals surface area contributed by atoms with Crippen molar-refractivity contribution in [1.29, 1.82) is 0 Å². The van der Waals surface area contributed by atoms with Crippen molar-refractivity contribution in [3.05, 3.63) is 71.9 Å². The van der Waals surface area contributed by atoms with Gasteiger partial charge in [0.1, 0.15) is 11.3 Å². The van der Waals surface area contributed by atoms with Crippen LogP contribution in [0.15, 0.2) is 60.7 Å². The normalized spacial score (nSPS) is 13.5. The molecule has 5 rings (SSSR count). The number of carbonyl (C=O) groups excluding carboxylic acids is 2. The van der Waals surface area contributed by atoms with Gasteiger partial charge < -0.3 is 19.5 Å². The lowest BCUT2D eigenvalue weighted by atomic mass is 9.92. The minimum absolute atomic E-state index is 0.116. The van der Waals surface area contributed by atoms with Gasteiger partial charge in [-0.1, -0.05) is 30.3 Å². The van der Waals surface area contributed by atoms with E-state index in [4.69, 9.17) is 19.2 Å². The van der Waals surface area contributed by atoms with E-state index in [2.05, 4.69) is 5.32 Å². The summed E-state index contributed by atoms with van der Waals surface area (Å²) in [6, 6.07) is 19.3. The van der Waals surface area contributed by atoms with Crippen LogP contribution in [0.5, 0.6) is 11.5 Å². The molecule has 1 aromatic heterocycles. The van der Waals surface area contributed by atoms with E-state index in [1.807, 2.05) is 68.4 Å². The minimum Gasteiger partial charge on any atom is -0.493 e. The highest BCUT2D eigenvalue weighted by atomic mass is 16.5. The number of hydrogen-bond donors (Lipinski definition) is 1. The Morgan fingerprint density at radius 2 is 1.70 bits per heavy atom. The minimum atomic E-state index is -0.510. The van der Waals surface area contributed by atoms with Crippen LogP contribution in [-0.2, 0) is 16.0 Å². The van der Waals surface area contributed by atoms with Gasteiger partial charge >= 0.3 is 5.97 Å². The number of benzene rings is 3. The topological polar surface area (TPSA) is 86.8 Å². The molecule has 7 heteroatoms. The summed E-state index contributed by atoms with van der Waals surface area (Å²) in [4.78, 5) is 28.7. The Kier molecular flexibility index (Phi) is 6.07. The molecule has 1 aliphatic rings. The Labute approximate surface area is 215 Å². The fourth-order valence-corrected chi connectivity index (χ4v) is 4.85. The van der Waals surface area contributed by atoms with Gasteiger partial charge in [-0.3, -0.25) is 4.79 Å². The molecule has 0 aliphatic carbocycles. The van der Waals surface area contributed by atoms with E-state index in [9.17, 15) is 9.59 Å². The van der Waals surface area contributed by atoms with Crippen molar-refractivity contribution in [3.63, 3.8) is 0 Å². The van der Waals surface area contributed by atoms with Crippen molar-refractivity contribution in [2.24, 2.45) is 0 Å². The molecule has 1 amide bonds. The number of hydrogen-bond acceptors (Lipinski definition) is 6. The van der Waals surface area contributed by atoms with Crippen molar-refractivity contribution in [2.45, 2.75) is 32.8 Å². The van der Waals surface area contributed by atoms with Gasteiger partial charge in [0.25, 0.3) is 0 Å². The second kappa shape index (κ2) is 9.24. The lowest BCUT2D eigenvalue weighted by molar-refractivity contribution is -0.114. The van der Waals surface area contributed by atoms with Gasteiger partial charge in [0.05, 0.1) is 19.9 Å². The lowest BCUT2D eigenvalue weighted by Crippen LogP contribution is -2.24. The van der Waals surface area contributed by atoms with E-state index < -0.39 is 11.6 Å². The fourth-order valence-electron chi connectivity index (χ4n) is 4.85. The molecule has 0 unspecified atom stereocenters. The summed E-state index contributed by atoms with van der Waals surface area (Å²) in [5, 5.41) is 4.54. The molecule has 4 aromatic rings. The SMILES string of the molecule is COC(=O)c1cc2cc(OC)c3c(c2c(-c2cccc(-c4ccc(NC(C)=O)cc4)c2)n1)CC(C)(C)O3. The van der Waals surface area contributed by atoms with Gasteiger partial charge in [-0.05, 0) is 60.7 Å². The van der Waals surface area contributed by atoms with Gasteiger partial charge in [0, 0.05) is 35.5 Å². The number of anilines is 1. The lowest BCUT2D eigenvalue weighted by Gasteiger charge is -2.17. The number of nitrogens with one attached hydrogen (secondary N) is 1. The average Bonchev–Trinajstić information content (AvgIpc) is 3.22. The third kappa shape index (κ3) is 4.60. The van der Waals surface area contributed by atoms with E-state index in [1.54, 1.807) is 13.2 Å². The van der Waals surface area contributed by atoms with Crippen LogP contribution < -0.4 is 14.8 Å². The van der Waals surface area contributed by atoms with Gasteiger partial charge in [0.2, 0.25) is 5.91 Å². The molecule has 0 radical (unpaired) electrons. The number of rotatable bonds is 5. The summed E-state index contributed by atoms with van der Waals surface area (Å²) in [6.45, 7) is 5.56. The molecule has 7 nitrogen and oxygen atoms in total. The molecular formula is C30H28N2O5. The molecule has 0 fully saturated rings. The number of amides is 1. The molecule has 37 heavy (non-hydrogen) atoms. The van der Waals surface area contributed by atoms with Crippen molar-refractivity contribution in [1.82, 2.24) is 4.98 Å². The highest BCUT2D eigenvalue weighted by Gasteiger charge is 2.35. The monoisotopic (exact) mass is 496 g/mol. The number of carbonyl (C=O) groups is 2. The van der Waals surface area contributed by atoms with Crippen molar-refractivity contribution in [3.8, 4) is 33.9 Å². The van der Waals surface area contributed by atoms with Crippen molar-refractivity contribution < 1.29 is 23.8 Å². The van der Waals surface area contributed by atoms with Crippen LogP contribution in [0.2, 0.25) is 0 Å². The first kappa shape index (κ1) is 24.3. The number of nitrogens with zero attached hydrogens (tertiary/aromatic N) is 1. The van der Waals surface area contributed by atoms with Crippen molar-refractivity contribution in [2.75, 3.05) is 19.5 Å². The van der Waals surface area contributed by atoms with Crippen LogP contribution >= 0.6 is 0 Å². The quantitative estimate of drug-likeness (QED) is 0.339. The number of methoxy groups -OCH3 is 2. The third-order valence-corrected chi connectivity index (χ3v) is 6.41. The van der Waals surface area contributed by atoms with E-state index in [0.29, 0.717) is 23.6 Å². The molecule has 188 valence electrons. The molecule has 1 N–H and O–H groups in total. The zero-order valence-electron chi connectivity index (χ0n) is 21.5. The van der Waals surface area contributed by atoms with Crippen LogP contribution in [0.3, 0.4) is 0 Å². The zero-order chi connectivity index (χ0) is 26.3. The summed E-state index contributed by atoms with van der Waals surface area (Å²) in [5.74, 6) is 0.700. The summed E-state index contributed by atoms with van der Waals surface area (Å²) < 4.78 is 16.9. The van der Waals surface area contributed by atoms with E-state index >= 15 is 0 Å². The van der Waals surface area contributed by atoms with Crippen LogP contribution in [0.1, 0.15) is 36.8 Å². The molecule has 0 atom stereocenters. The molecule has 3 aromatic carbocycles. The number of fused-ring (bicyclic) bond motifs is 3. The van der Waals surface area contributed by atoms with E-state index in [0.717, 1.165) is 38.7 Å². The maximum absolute atomic E-state index is 12.6. The number of aromatic nitrogens is 1. The first-order chi connectivity index (χ1) is 17.7. The van der Waals surface area contributed by atoms with E-state index in [1.165, 1.54) is 14.0 Å².